The Kier molecular flexibility index (Phi) is 5.52. The predicted octanol–water partition coefficient (Wildman–Crippen LogP) is 3.76. The van der Waals surface area contributed by atoms with Crippen LogP contribution in [0.2, 0.25) is 10.0 Å². The number of benzene rings is 1. The number of anilines is 1. The number of amides is 2. The molecule has 1 aromatic carbocycles. The number of urea groups is 1. The quantitative estimate of drug-likeness (QED) is 0.892. The van der Waals surface area contributed by atoms with Gasteiger partial charge in [-0.05, 0) is 43.9 Å². The standard InChI is InChI=1S/C14H18Cl2N2O2/c15-12-5-4-10(9-13(12)16)17-14(20)18-7-2-1-3-11(18)6-8-19/h4-5,9,11,19H,1-3,6-8H2,(H,17,20)/t11-/m1/s1. The van der Waals surface area contributed by atoms with Crippen LogP contribution in [0.4, 0.5) is 10.5 Å². The number of carbonyl (C=O) groups excluding carboxylic acids is 1. The minimum absolute atomic E-state index is 0.0984. The number of piperidine rings is 1. The van der Waals surface area contributed by atoms with Crippen LogP contribution in [0, 0.1) is 0 Å². The van der Waals surface area contributed by atoms with Gasteiger partial charge in [0.25, 0.3) is 0 Å². The Morgan fingerprint density at radius 3 is 2.85 bits per heavy atom. The van der Waals surface area contributed by atoms with Crippen LogP contribution in [0.15, 0.2) is 18.2 Å². The summed E-state index contributed by atoms with van der Waals surface area (Å²) in [4.78, 5) is 14.1. The van der Waals surface area contributed by atoms with E-state index in [1.165, 1.54) is 0 Å². The predicted molar refractivity (Wildman–Crippen MR) is 81.5 cm³/mol. The number of halogens is 2. The molecule has 2 amide bonds. The number of nitrogens with one attached hydrogen (secondary N) is 1. The molecule has 1 aromatic rings. The lowest BCUT2D eigenvalue weighted by molar-refractivity contribution is 0.141. The van der Waals surface area contributed by atoms with Crippen molar-refractivity contribution in [3.63, 3.8) is 0 Å². The van der Waals surface area contributed by atoms with E-state index in [0.717, 1.165) is 25.8 Å². The molecule has 0 bridgehead atoms. The SMILES string of the molecule is O=C(Nc1ccc(Cl)c(Cl)c1)N1CCCC[C@@H]1CCO. The lowest BCUT2D eigenvalue weighted by Crippen LogP contribution is -2.46. The van der Waals surface area contributed by atoms with Gasteiger partial charge in [-0.2, -0.15) is 0 Å². The molecule has 0 saturated carbocycles. The maximum Gasteiger partial charge on any atom is 0.322 e. The van der Waals surface area contributed by atoms with Gasteiger partial charge in [-0.3, -0.25) is 0 Å². The summed E-state index contributed by atoms with van der Waals surface area (Å²) in [6.45, 7) is 0.818. The summed E-state index contributed by atoms with van der Waals surface area (Å²) in [6.07, 6.45) is 3.65. The average Bonchev–Trinajstić information content (AvgIpc) is 2.44. The summed E-state index contributed by atoms with van der Waals surface area (Å²) in [5.41, 5.74) is 0.623. The zero-order chi connectivity index (χ0) is 14.5. The van der Waals surface area contributed by atoms with Crippen LogP contribution in [-0.2, 0) is 0 Å². The van der Waals surface area contributed by atoms with Gasteiger partial charge in [-0.25, -0.2) is 4.79 Å². The van der Waals surface area contributed by atoms with Crippen LogP contribution >= 0.6 is 23.2 Å². The number of likely N-dealkylation sites (tertiary alicyclic amines) is 1. The van der Waals surface area contributed by atoms with Crippen molar-refractivity contribution in [3.05, 3.63) is 28.2 Å². The molecule has 20 heavy (non-hydrogen) atoms. The molecular weight excluding hydrogens is 299 g/mol. The molecule has 1 saturated heterocycles. The van der Waals surface area contributed by atoms with E-state index in [-0.39, 0.29) is 18.7 Å². The van der Waals surface area contributed by atoms with E-state index in [0.29, 0.717) is 22.2 Å². The Hall–Kier alpha value is -0.970. The molecule has 110 valence electrons. The van der Waals surface area contributed by atoms with Crippen molar-refractivity contribution < 1.29 is 9.90 Å². The number of rotatable bonds is 3. The summed E-state index contributed by atoms with van der Waals surface area (Å²) in [7, 11) is 0. The normalized spacial score (nSPS) is 18.9. The highest BCUT2D eigenvalue weighted by atomic mass is 35.5. The molecule has 2 rings (SSSR count). The summed E-state index contributed by atoms with van der Waals surface area (Å²) < 4.78 is 0. The van der Waals surface area contributed by atoms with Gasteiger partial charge in [0, 0.05) is 24.9 Å². The number of aliphatic hydroxyl groups excluding tert-OH is 1. The van der Waals surface area contributed by atoms with Crippen LogP contribution in [-0.4, -0.2) is 35.2 Å². The molecule has 0 aliphatic carbocycles. The van der Waals surface area contributed by atoms with Crippen molar-refractivity contribution in [2.75, 3.05) is 18.5 Å². The molecule has 1 heterocycles. The minimum atomic E-state index is -0.151. The maximum atomic E-state index is 12.3. The van der Waals surface area contributed by atoms with Crippen molar-refractivity contribution in [1.82, 2.24) is 4.90 Å². The summed E-state index contributed by atoms with van der Waals surface area (Å²) >= 11 is 11.8. The third kappa shape index (κ3) is 3.78. The first-order chi connectivity index (χ1) is 9.61. The van der Waals surface area contributed by atoms with E-state index >= 15 is 0 Å². The molecule has 0 unspecified atom stereocenters. The van der Waals surface area contributed by atoms with E-state index in [9.17, 15) is 4.79 Å². The largest absolute Gasteiger partial charge is 0.396 e. The minimum Gasteiger partial charge on any atom is -0.396 e. The van der Waals surface area contributed by atoms with Gasteiger partial charge in [-0.1, -0.05) is 23.2 Å². The van der Waals surface area contributed by atoms with E-state index in [1.807, 2.05) is 0 Å². The molecule has 1 atom stereocenters. The highest BCUT2D eigenvalue weighted by Crippen LogP contribution is 2.26. The second kappa shape index (κ2) is 7.16. The molecule has 6 heteroatoms. The van der Waals surface area contributed by atoms with Crippen molar-refractivity contribution in [3.8, 4) is 0 Å². The number of hydrogen-bond donors (Lipinski definition) is 2. The van der Waals surface area contributed by atoms with Crippen LogP contribution in [0.1, 0.15) is 25.7 Å². The van der Waals surface area contributed by atoms with Crippen LogP contribution in [0.25, 0.3) is 0 Å². The third-order valence-corrected chi connectivity index (χ3v) is 4.26. The van der Waals surface area contributed by atoms with Gasteiger partial charge >= 0.3 is 6.03 Å². The maximum absolute atomic E-state index is 12.3. The summed E-state index contributed by atoms with van der Waals surface area (Å²) in [5.74, 6) is 0. The van der Waals surface area contributed by atoms with E-state index < -0.39 is 0 Å². The fourth-order valence-electron chi connectivity index (χ4n) is 2.49. The molecular formula is C14H18Cl2N2O2. The molecule has 0 aromatic heterocycles. The zero-order valence-corrected chi connectivity index (χ0v) is 12.6. The second-order valence-electron chi connectivity index (χ2n) is 4.91. The smallest absolute Gasteiger partial charge is 0.322 e. The molecule has 0 radical (unpaired) electrons. The van der Waals surface area contributed by atoms with Gasteiger partial charge in [0.1, 0.15) is 0 Å². The summed E-state index contributed by atoms with van der Waals surface area (Å²) in [6, 6.07) is 4.96. The first-order valence-electron chi connectivity index (χ1n) is 6.75. The topological polar surface area (TPSA) is 52.6 Å². The molecule has 1 aliphatic rings. The Balaban J connectivity index is 2.03. The van der Waals surface area contributed by atoms with Crippen molar-refractivity contribution in [2.24, 2.45) is 0 Å². The number of nitrogens with zero attached hydrogens (tertiary/aromatic N) is 1. The summed E-state index contributed by atoms with van der Waals surface area (Å²) in [5, 5.41) is 12.8. The number of hydrogen-bond acceptors (Lipinski definition) is 2. The lowest BCUT2D eigenvalue weighted by atomic mass is 10.0. The van der Waals surface area contributed by atoms with E-state index in [4.69, 9.17) is 28.3 Å². The van der Waals surface area contributed by atoms with E-state index in [1.54, 1.807) is 23.1 Å². The van der Waals surface area contributed by atoms with Crippen molar-refractivity contribution >= 4 is 34.9 Å². The monoisotopic (exact) mass is 316 g/mol. The molecule has 0 spiro atoms. The molecule has 1 aliphatic heterocycles. The Morgan fingerprint density at radius 2 is 2.15 bits per heavy atom. The second-order valence-corrected chi connectivity index (χ2v) is 5.73. The van der Waals surface area contributed by atoms with E-state index in [2.05, 4.69) is 5.32 Å². The zero-order valence-electron chi connectivity index (χ0n) is 11.1. The first-order valence-corrected chi connectivity index (χ1v) is 7.51. The van der Waals surface area contributed by atoms with Gasteiger partial charge < -0.3 is 15.3 Å². The molecule has 2 N–H and O–H groups in total. The number of aliphatic hydroxyl groups is 1. The van der Waals surface area contributed by atoms with Gasteiger partial charge in [-0.15, -0.1) is 0 Å². The Labute approximate surface area is 128 Å². The van der Waals surface area contributed by atoms with Gasteiger partial charge in [0.2, 0.25) is 0 Å². The van der Waals surface area contributed by atoms with Crippen molar-refractivity contribution in [2.45, 2.75) is 31.7 Å². The van der Waals surface area contributed by atoms with Gasteiger partial charge in [0.05, 0.1) is 10.0 Å². The number of carbonyl (C=O) groups is 1. The molecule has 4 nitrogen and oxygen atoms in total. The fourth-order valence-corrected chi connectivity index (χ4v) is 2.78. The third-order valence-electron chi connectivity index (χ3n) is 3.52. The van der Waals surface area contributed by atoms with Crippen molar-refractivity contribution in [1.29, 1.82) is 0 Å². The van der Waals surface area contributed by atoms with Crippen LogP contribution in [0.3, 0.4) is 0 Å². The lowest BCUT2D eigenvalue weighted by Gasteiger charge is -2.35. The Bertz CT molecular complexity index is 480. The highest BCUT2D eigenvalue weighted by Gasteiger charge is 2.26. The fraction of sp³-hybridized carbons (Fsp3) is 0.500. The molecule has 1 fully saturated rings. The Morgan fingerprint density at radius 1 is 1.35 bits per heavy atom. The first kappa shape index (κ1) is 15.4. The van der Waals surface area contributed by atoms with Crippen LogP contribution in [0.5, 0.6) is 0 Å². The van der Waals surface area contributed by atoms with Gasteiger partial charge in [0.15, 0.2) is 0 Å². The van der Waals surface area contributed by atoms with Crippen LogP contribution < -0.4 is 5.32 Å². The average molecular weight is 317 g/mol. The highest BCUT2D eigenvalue weighted by molar-refractivity contribution is 6.42.